The van der Waals surface area contributed by atoms with Crippen LogP contribution in [0.3, 0.4) is 0 Å². The highest BCUT2D eigenvalue weighted by Crippen LogP contribution is 2.27. The standard InChI is InChI=1S/C17H16ClNO2/c1-12-4-2-3-5-13(12)9-19-10-14-8-15(18)6-7-16(14)21-11-17(19)20/h2-8H,9-11H2,1H3. The molecule has 0 bridgehead atoms. The highest BCUT2D eigenvalue weighted by Gasteiger charge is 2.22. The molecular formula is C17H16ClNO2. The number of amides is 1. The summed E-state index contributed by atoms with van der Waals surface area (Å²) in [5, 5.41) is 0.655. The van der Waals surface area contributed by atoms with E-state index in [0.717, 1.165) is 16.9 Å². The number of carbonyl (C=O) groups is 1. The number of rotatable bonds is 2. The van der Waals surface area contributed by atoms with Gasteiger partial charge >= 0.3 is 0 Å². The fraction of sp³-hybridized carbons (Fsp3) is 0.235. The molecule has 0 fully saturated rings. The van der Waals surface area contributed by atoms with E-state index in [1.165, 1.54) is 5.56 Å². The zero-order valence-electron chi connectivity index (χ0n) is 11.8. The number of hydrogen-bond donors (Lipinski definition) is 0. The summed E-state index contributed by atoms with van der Waals surface area (Å²) in [6.07, 6.45) is 0. The topological polar surface area (TPSA) is 29.5 Å². The van der Waals surface area contributed by atoms with Crippen molar-refractivity contribution in [2.24, 2.45) is 0 Å². The summed E-state index contributed by atoms with van der Waals surface area (Å²) in [7, 11) is 0. The first-order valence-electron chi connectivity index (χ1n) is 6.87. The number of benzene rings is 2. The summed E-state index contributed by atoms with van der Waals surface area (Å²) in [6.45, 7) is 3.23. The molecule has 0 aliphatic carbocycles. The van der Waals surface area contributed by atoms with Crippen molar-refractivity contribution >= 4 is 17.5 Å². The van der Waals surface area contributed by atoms with Gasteiger partial charge < -0.3 is 9.64 Å². The van der Waals surface area contributed by atoms with Gasteiger partial charge in [-0.15, -0.1) is 0 Å². The number of halogens is 1. The Labute approximate surface area is 129 Å². The van der Waals surface area contributed by atoms with Crippen LogP contribution >= 0.6 is 11.6 Å². The first-order valence-corrected chi connectivity index (χ1v) is 7.25. The average molecular weight is 302 g/mol. The van der Waals surface area contributed by atoms with E-state index in [2.05, 4.69) is 13.0 Å². The zero-order chi connectivity index (χ0) is 14.8. The minimum Gasteiger partial charge on any atom is -0.483 e. The van der Waals surface area contributed by atoms with E-state index < -0.39 is 0 Å². The van der Waals surface area contributed by atoms with Crippen molar-refractivity contribution in [3.05, 3.63) is 64.2 Å². The molecule has 0 aromatic heterocycles. The quantitative estimate of drug-likeness (QED) is 0.848. The molecule has 1 aliphatic rings. The van der Waals surface area contributed by atoms with Crippen molar-refractivity contribution in [1.82, 2.24) is 4.90 Å². The van der Waals surface area contributed by atoms with Crippen molar-refractivity contribution in [2.45, 2.75) is 20.0 Å². The van der Waals surface area contributed by atoms with Crippen LogP contribution in [-0.4, -0.2) is 17.4 Å². The molecule has 1 amide bonds. The molecule has 21 heavy (non-hydrogen) atoms. The lowest BCUT2D eigenvalue weighted by Gasteiger charge is -2.21. The molecule has 1 aliphatic heterocycles. The molecule has 3 nitrogen and oxygen atoms in total. The number of aryl methyl sites for hydroxylation is 1. The van der Waals surface area contributed by atoms with Crippen molar-refractivity contribution in [1.29, 1.82) is 0 Å². The van der Waals surface area contributed by atoms with Gasteiger partial charge in [0.2, 0.25) is 0 Å². The van der Waals surface area contributed by atoms with Gasteiger partial charge in [0.1, 0.15) is 5.75 Å². The van der Waals surface area contributed by atoms with Gasteiger partial charge in [0.05, 0.1) is 0 Å². The van der Waals surface area contributed by atoms with Crippen molar-refractivity contribution in [3.8, 4) is 5.75 Å². The van der Waals surface area contributed by atoms with Crippen molar-refractivity contribution in [2.75, 3.05) is 6.61 Å². The smallest absolute Gasteiger partial charge is 0.261 e. The predicted molar refractivity (Wildman–Crippen MR) is 82.4 cm³/mol. The molecular weight excluding hydrogens is 286 g/mol. The summed E-state index contributed by atoms with van der Waals surface area (Å²) < 4.78 is 5.56. The van der Waals surface area contributed by atoms with Crippen LogP contribution < -0.4 is 4.74 Å². The second-order valence-corrected chi connectivity index (χ2v) is 5.65. The van der Waals surface area contributed by atoms with E-state index in [4.69, 9.17) is 16.3 Å². The molecule has 0 N–H and O–H groups in total. The molecule has 3 rings (SSSR count). The molecule has 4 heteroatoms. The summed E-state index contributed by atoms with van der Waals surface area (Å²) >= 11 is 6.04. The van der Waals surface area contributed by atoms with Crippen LogP contribution in [0.25, 0.3) is 0 Å². The Morgan fingerprint density at radius 2 is 2.05 bits per heavy atom. The van der Waals surface area contributed by atoms with E-state index in [0.29, 0.717) is 18.1 Å². The second-order valence-electron chi connectivity index (χ2n) is 5.22. The number of ether oxygens (including phenoxy) is 1. The molecule has 0 spiro atoms. The molecule has 1 heterocycles. The van der Waals surface area contributed by atoms with Crippen molar-refractivity contribution < 1.29 is 9.53 Å². The van der Waals surface area contributed by atoms with Gasteiger partial charge in [-0.25, -0.2) is 0 Å². The maximum atomic E-state index is 12.3. The third-order valence-corrected chi connectivity index (χ3v) is 3.95. The number of nitrogens with zero attached hydrogens (tertiary/aromatic N) is 1. The lowest BCUT2D eigenvalue weighted by molar-refractivity contribution is -0.133. The maximum Gasteiger partial charge on any atom is 0.261 e. The average Bonchev–Trinajstić information content (AvgIpc) is 2.61. The lowest BCUT2D eigenvalue weighted by Crippen LogP contribution is -2.32. The summed E-state index contributed by atoms with van der Waals surface area (Å²) in [4.78, 5) is 14.1. The third-order valence-electron chi connectivity index (χ3n) is 3.71. The van der Waals surface area contributed by atoms with Crippen LogP contribution in [0, 0.1) is 6.92 Å². The third kappa shape index (κ3) is 3.03. The fourth-order valence-corrected chi connectivity index (χ4v) is 2.67. The second kappa shape index (κ2) is 5.78. The molecule has 0 unspecified atom stereocenters. The largest absolute Gasteiger partial charge is 0.483 e. The Morgan fingerprint density at radius 1 is 1.24 bits per heavy atom. The lowest BCUT2D eigenvalue weighted by atomic mass is 10.1. The molecule has 0 atom stereocenters. The fourth-order valence-electron chi connectivity index (χ4n) is 2.47. The minimum atomic E-state index is -0.00873. The highest BCUT2D eigenvalue weighted by atomic mass is 35.5. The Bertz CT molecular complexity index is 684. The van der Waals surface area contributed by atoms with Crippen molar-refractivity contribution in [3.63, 3.8) is 0 Å². The van der Waals surface area contributed by atoms with Crippen LogP contribution in [0.5, 0.6) is 5.75 Å². The molecule has 0 saturated heterocycles. The highest BCUT2D eigenvalue weighted by molar-refractivity contribution is 6.30. The molecule has 2 aromatic rings. The van der Waals surface area contributed by atoms with Gasteiger partial charge in [0.15, 0.2) is 6.61 Å². The first kappa shape index (κ1) is 14.0. The molecule has 0 saturated carbocycles. The normalized spacial score (nSPS) is 14.4. The molecule has 0 radical (unpaired) electrons. The van der Waals surface area contributed by atoms with E-state index in [-0.39, 0.29) is 12.5 Å². The zero-order valence-corrected chi connectivity index (χ0v) is 12.6. The van der Waals surface area contributed by atoms with Crippen LogP contribution in [0.4, 0.5) is 0 Å². The number of fused-ring (bicyclic) bond motifs is 1. The minimum absolute atomic E-state index is 0.00873. The maximum absolute atomic E-state index is 12.3. The van der Waals surface area contributed by atoms with Gasteiger partial charge in [0, 0.05) is 23.7 Å². The van der Waals surface area contributed by atoms with Gasteiger partial charge in [-0.05, 0) is 36.2 Å². The van der Waals surface area contributed by atoms with Crippen LogP contribution in [0.2, 0.25) is 5.02 Å². The summed E-state index contributed by atoms with van der Waals surface area (Å²) in [6, 6.07) is 13.6. The number of carbonyl (C=O) groups excluding carboxylic acids is 1. The van der Waals surface area contributed by atoms with Crippen LogP contribution in [0.15, 0.2) is 42.5 Å². The SMILES string of the molecule is Cc1ccccc1CN1Cc2cc(Cl)ccc2OCC1=O. The Kier molecular flexibility index (Phi) is 3.84. The monoisotopic (exact) mass is 301 g/mol. The molecule has 108 valence electrons. The van der Waals surface area contributed by atoms with Gasteiger partial charge in [-0.1, -0.05) is 35.9 Å². The van der Waals surface area contributed by atoms with E-state index in [1.54, 1.807) is 6.07 Å². The van der Waals surface area contributed by atoms with E-state index in [9.17, 15) is 4.79 Å². The van der Waals surface area contributed by atoms with E-state index >= 15 is 0 Å². The van der Waals surface area contributed by atoms with Crippen LogP contribution in [-0.2, 0) is 17.9 Å². The number of hydrogen-bond acceptors (Lipinski definition) is 2. The Hall–Kier alpha value is -2.00. The predicted octanol–water partition coefficient (Wildman–Crippen LogP) is 3.57. The van der Waals surface area contributed by atoms with Gasteiger partial charge in [0.25, 0.3) is 5.91 Å². The summed E-state index contributed by atoms with van der Waals surface area (Å²) in [5.41, 5.74) is 3.28. The summed E-state index contributed by atoms with van der Waals surface area (Å²) in [5.74, 6) is 0.727. The van der Waals surface area contributed by atoms with Gasteiger partial charge in [-0.2, -0.15) is 0 Å². The van der Waals surface area contributed by atoms with Gasteiger partial charge in [-0.3, -0.25) is 4.79 Å². The Morgan fingerprint density at radius 3 is 2.86 bits per heavy atom. The first-order chi connectivity index (χ1) is 10.1. The van der Waals surface area contributed by atoms with E-state index in [1.807, 2.05) is 35.2 Å². The van der Waals surface area contributed by atoms with Crippen LogP contribution in [0.1, 0.15) is 16.7 Å². The Balaban J connectivity index is 1.88. The molecule has 2 aromatic carbocycles.